The van der Waals surface area contributed by atoms with Gasteiger partial charge in [0, 0.05) is 48.8 Å². The van der Waals surface area contributed by atoms with Gasteiger partial charge in [0.1, 0.15) is 24.2 Å². The van der Waals surface area contributed by atoms with E-state index in [1.807, 2.05) is 97.3 Å². The maximum Gasteiger partial charge on any atom is 0.243 e. The SMILES string of the molecule is CSCC[C@H](NC(=O)[C@H](Cc1ccccc1)NC(=O)[C@@H](Cc1c[nH]c2ccccc12)NC(=O)[C@H](Cc1ccccc1)NC(=O)[C@H](N)Cc1cccnc1)C(N)=O. The Bertz CT molecular complexity index is 2060. The number of amides is 5. The first-order valence-corrected chi connectivity index (χ1v) is 19.8. The minimum absolute atomic E-state index is 0.0470. The molecule has 13 nitrogen and oxygen atoms in total. The smallest absolute Gasteiger partial charge is 0.243 e. The van der Waals surface area contributed by atoms with Crippen LogP contribution in [0.4, 0.5) is 0 Å². The zero-order chi connectivity index (χ0) is 39.9. The Hall–Kier alpha value is -5.99. The zero-order valence-electron chi connectivity index (χ0n) is 31.2. The van der Waals surface area contributed by atoms with Crippen molar-refractivity contribution in [3.05, 3.63) is 138 Å². The first-order valence-electron chi connectivity index (χ1n) is 18.4. The second-order valence-electron chi connectivity index (χ2n) is 13.5. The van der Waals surface area contributed by atoms with Gasteiger partial charge in [-0.05, 0) is 59.2 Å². The van der Waals surface area contributed by atoms with Crippen LogP contribution in [0.2, 0.25) is 0 Å². The van der Waals surface area contributed by atoms with Crippen molar-refractivity contribution in [2.75, 3.05) is 12.0 Å². The number of para-hydroxylation sites is 1. The third-order valence-electron chi connectivity index (χ3n) is 9.35. The van der Waals surface area contributed by atoms with Gasteiger partial charge < -0.3 is 37.7 Å². The molecule has 0 fully saturated rings. The molecule has 5 atom stereocenters. The number of hydrogen-bond donors (Lipinski definition) is 7. The number of H-pyrrole nitrogens is 1. The fourth-order valence-electron chi connectivity index (χ4n) is 6.33. The molecule has 0 saturated heterocycles. The lowest BCUT2D eigenvalue weighted by Crippen LogP contribution is -2.60. The number of benzene rings is 3. The highest BCUT2D eigenvalue weighted by atomic mass is 32.2. The molecule has 2 aromatic heterocycles. The standard InChI is InChI=1S/C42H48N8O5S/c1-56-20-18-34(38(44)51)47-40(53)36(23-28-13-6-3-7-14-28)49-42(55)37(24-30-26-46-33-17-9-8-16-31(30)33)50-41(54)35(22-27-11-4-2-5-12-27)48-39(52)32(43)21-29-15-10-19-45-25-29/h2-17,19,25-26,32,34-37,46H,18,20-24,43H2,1H3,(H2,44,51)(H,47,53)(H,48,52)(H,49,55)(H,50,54)/t32-,34+,35+,36+,37-/m1/s1. The van der Waals surface area contributed by atoms with Crippen LogP contribution in [-0.2, 0) is 49.7 Å². The molecule has 0 unspecified atom stereocenters. The van der Waals surface area contributed by atoms with Crippen LogP contribution >= 0.6 is 11.8 Å². The number of hydrogen-bond acceptors (Lipinski definition) is 8. The van der Waals surface area contributed by atoms with E-state index in [-0.39, 0.29) is 25.7 Å². The molecule has 0 saturated carbocycles. The quantitative estimate of drug-likeness (QED) is 0.0622. The fourth-order valence-corrected chi connectivity index (χ4v) is 6.80. The van der Waals surface area contributed by atoms with Crippen LogP contribution in [0.3, 0.4) is 0 Å². The van der Waals surface area contributed by atoms with E-state index in [4.69, 9.17) is 11.5 Å². The number of thioether (sulfide) groups is 1. The summed E-state index contributed by atoms with van der Waals surface area (Å²) >= 11 is 1.51. The highest BCUT2D eigenvalue weighted by Crippen LogP contribution is 2.20. The van der Waals surface area contributed by atoms with Gasteiger partial charge in [0.15, 0.2) is 0 Å². The topological polar surface area (TPSA) is 214 Å². The van der Waals surface area contributed by atoms with Gasteiger partial charge >= 0.3 is 0 Å². The molecule has 0 radical (unpaired) electrons. The maximum absolute atomic E-state index is 14.4. The van der Waals surface area contributed by atoms with E-state index in [9.17, 15) is 24.0 Å². The molecule has 0 aliphatic carbocycles. The van der Waals surface area contributed by atoms with Crippen molar-refractivity contribution in [2.24, 2.45) is 11.5 Å². The number of fused-ring (bicyclic) bond motifs is 1. The molecule has 56 heavy (non-hydrogen) atoms. The molecule has 14 heteroatoms. The summed E-state index contributed by atoms with van der Waals surface area (Å²) in [5, 5.41) is 12.1. The Morgan fingerprint density at radius 1 is 0.643 bits per heavy atom. The molecule has 292 valence electrons. The van der Waals surface area contributed by atoms with Crippen molar-refractivity contribution in [3.63, 3.8) is 0 Å². The summed E-state index contributed by atoms with van der Waals surface area (Å²) < 4.78 is 0. The molecule has 5 rings (SSSR count). The summed E-state index contributed by atoms with van der Waals surface area (Å²) in [6.45, 7) is 0. The van der Waals surface area contributed by atoms with E-state index >= 15 is 0 Å². The molecule has 5 amide bonds. The normalized spacial score (nSPS) is 13.8. The van der Waals surface area contributed by atoms with Gasteiger partial charge in [-0.25, -0.2) is 0 Å². The van der Waals surface area contributed by atoms with Crippen LogP contribution < -0.4 is 32.7 Å². The first kappa shape index (κ1) is 41.2. The molecular weight excluding hydrogens is 729 g/mol. The van der Waals surface area contributed by atoms with Crippen molar-refractivity contribution in [2.45, 2.75) is 62.3 Å². The third kappa shape index (κ3) is 12.0. The van der Waals surface area contributed by atoms with E-state index in [1.54, 1.807) is 24.7 Å². The Labute approximate surface area is 330 Å². The lowest BCUT2D eigenvalue weighted by molar-refractivity contribution is -0.134. The minimum Gasteiger partial charge on any atom is -0.368 e. The molecule has 3 aromatic carbocycles. The summed E-state index contributed by atoms with van der Waals surface area (Å²) in [6.07, 6.45) is 7.67. The summed E-state index contributed by atoms with van der Waals surface area (Å²) in [5.41, 5.74) is 15.8. The van der Waals surface area contributed by atoms with E-state index in [2.05, 4.69) is 31.2 Å². The van der Waals surface area contributed by atoms with E-state index < -0.39 is 59.7 Å². The van der Waals surface area contributed by atoms with Crippen LogP contribution in [0, 0.1) is 0 Å². The van der Waals surface area contributed by atoms with Gasteiger partial charge in [-0.1, -0.05) is 84.9 Å². The second kappa shape index (κ2) is 20.6. The predicted molar refractivity (Wildman–Crippen MR) is 218 cm³/mol. The first-order chi connectivity index (χ1) is 27.1. The van der Waals surface area contributed by atoms with Gasteiger partial charge in [0.05, 0.1) is 6.04 Å². The third-order valence-corrected chi connectivity index (χ3v) is 9.99. The van der Waals surface area contributed by atoms with Crippen molar-refractivity contribution >= 4 is 52.2 Å². The van der Waals surface area contributed by atoms with Gasteiger partial charge in [-0.15, -0.1) is 0 Å². The number of carbonyl (C=O) groups excluding carboxylic acids is 5. The predicted octanol–water partition coefficient (Wildman–Crippen LogP) is 2.34. The number of rotatable bonds is 20. The highest BCUT2D eigenvalue weighted by molar-refractivity contribution is 7.98. The maximum atomic E-state index is 14.4. The molecule has 5 aromatic rings. The average molecular weight is 777 g/mol. The Balaban J connectivity index is 1.43. The van der Waals surface area contributed by atoms with E-state index in [0.717, 1.165) is 33.2 Å². The molecule has 9 N–H and O–H groups in total. The summed E-state index contributed by atoms with van der Waals surface area (Å²) in [7, 11) is 0. The molecule has 2 heterocycles. The Morgan fingerprint density at radius 3 is 1.71 bits per heavy atom. The number of aromatic amines is 1. The van der Waals surface area contributed by atoms with E-state index in [0.29, 0.717) is 12.2 Å². The van der Waals surface area contributed by atoms with Gasteiger partial charge in [0.25, 0.3) is 0 Å². The summed E-state index contributed by atoms with van der Waals surface area (Å²) in [4.78, 5) is 75.6. The van der Waals surface area contributed by atoms with Crippen molar-refractivity contribution in [1.29, 1.82) is 0 Å². The number of carbonyl (C=O) groups is 5. The minimum atomic E-state index is -1.20. The fraction of sp³-hybridized carbons (Fsp3) is 0.286. The second-order valence-corrected chi connectivity index (χ2v) is 14.5. The number of nitrogens with zero attached hydrogens (tertiary/aromatic N) is 1. The van der Waals surface area contributed by atoms with Crippen LogP contribution in [0.15, 0.2) is 116 Å². The number of nitrogens with two attached hydrogens (primary N) is 2. The Kier molecular flexibility index (Phi) is 15.2. The Morgan fingerprint density at radius 2 is 1.16 bits per heavy atom. The number of aromatic nitrogens is 2. The average Bonchev–Trinajstić information content (AvgIpc) is 3.62. The van der Waals surface area contributed by atoms with Crippen LogP contribution in [0.1, 0.15) is 28.7 Å². The largest absolute Gasteiger partial charge is 0.368 e. The molecular formula is C42H48N8O5S. The van der Waals surface area contributed by atoms with Crippen molar-refractivity contribution < 1.29 is 24.0 Å². The van der Waals surface area contributed by atoms with Crippen molar-refractivity contribution in [3.8, 4) is 0 Å². The van der Waals surface area contributed by atoms with Gasteiger partial charge in [0.2, 0.25) is 29.5 Å². The zero-order valence-corrected chi connectivity index (χ0v) is 32.0. The van der Waals surface area contributed by atoms with Crippen molar-refractivity contribution in [1.82, 2.24) is 31.2 Å². The summed E-state index contributed by atoms with van der Waals surface area (Å²) in [5.74, 6) is -2.51. The van der Waals surface area contributed by atoms with Crippen LogP contribution in [0.5, 0.6) is 0 Å². The monoisotopic (exact) mass is 776 g/mol. The molecule has 0 spiro atoms. The molecule has 0 aliphatic rings. The molecule has 0 bridgehead atoms. The van der Waals surface area contributed by atoms with E-state index in [1.165, 1.54) is 11.8 Å². The number of pyridine rings is 1. The highest BCUT2D eigenvalue weighted by Gasteiger charge is 2.32. The number of primary amides is 1. The lowest BCUT2D eigenvalue weighted by atomic mass is 10.00. The van der Waals surface area contributed by atoms with Gasteiger partial charge in [-0.3, -0.25) is 29.0 Å². The molecule has 0 aliphatic heterocycles. The van der Waals surface area contributed by atoms with Gasteiger partial charge in [-0.2, -0.15) is 11.8 Å². The number of nitrogens with one attached hydrogen (secondary N) is 5. The summed E-state index contributed by atoms with van der Waals surface area (Å²) in [6, 6.07) is 24.1. The lowest BCUT2D eigenvalue weighted by Gasteiger charge is -2.27. The van der Waals surface area contributed by atoms with Crippen LogP contribution in [-0.4, -0.2) is 81.7 Å². The van der Waals surface area contributed by atoms with Crippen LogP contribution in [0.25, 0.3) is 10.9 Å².